The highest BCUT2D eigenvalue weighted by Gasteiger charge is 2.42. The van der Waals surface area contributed by atoms with Crippen LogP contribution in [0.25, 0.3) is 16.8 Å². The maximum atomic E-state index is 13.2. The molecule has 0 radical (unpaired) electrons. The number of aliphatic hydroxyl groups is 1. The number of likely N-dealkylation sites (N-methyl/N-ethyl adjacent to an activating group) is 1. The topological polar surface area (TPSA) is 140 Å². The molecule has 3 aromatic heterocycles. The predicted octanol–water partition coefficient (Wildman–Crippen LogP) is 4.47. The molecular weight excluding hydrogens is 665 g/mol. The van der Waals surface area contributed by atoms with Crippen molar-refractivity contribution in [3.63, 3.8) is 0 Å². The van der Waals surface area contributed by atoms with Crippen LogP contribution in [-0.4, -0.2) is 55.4 Å². The van der Waals surface area contributed by atoms with Gasteiger partial charge < -0.3 is 21.5 Å². The Kier molecular flexibility index (Phi) is 11.8. The number of imidazole rings is 1. The van der Waals surface area contributed by atoms with Crippen molar-refractivity contribution in [1.29, 1.82) is 0 Å². The van der Waals surface area contributed by atoms with Crippen LogP contribution in [0.5, 0.6) is 0 Å². The largest absolute Gasteiger partial charge is 0.416 e. The molecule has 1 aromatic carbocycles. The molecule has 5 N–H and O–H groups in total. The minimum Gasteiger partial charge on any atom is -0.369 e. The number of benzene rings is 1. The van der Waals surface area contributed by atoms with Crippen LogP contribution in [0.1, 0.15) is 39.4 Å². The molecule has 1 saturated heterocycles. The van der Waals surface area contributed by atoms with Gasteiger partial charge in [-0.25, -0.2) is 4.98 Å². The van der Waals surface area contributed by atoms with E-state index in [4.69, 9.17) is 11.5 Å². The second-order valence-corrected chi connectivity index (χ2v) is 9.72. The third-order valence-electron chi connectivity index (χ3n) is 6.60. The summed E-state index contributed by atoms with van der Waals surface area (Å²) in [6.45, 7) is 0.395. The number of amides is 2. The van der Waals surface area contributed by atoms with Crippen molar-refractivity contribution in [2.45, 2.75) is 30.9 Å². The van der Waals surface area contributed by atoms with Crippen LogP contribution in [0, 0.1) is 11.8 Å². The molecule has 17 heteroatoms. The first-order valence-electron chi connectivity index (χ1n) is 12.8. The maximum absolute atomic E-state index is 13.2. The third kappa shape index (κ3) is 8.26. The van der Waals surface area contributed by atoms with Crippen LogP contribution < -0.4 is 11.5 Å². The SMILES string of the molecule is CN1CC[C@@](O)(C#Cc2cccc(-c3nc(C(N)=O)n4ccc(C(F)(F)F)cc34)c2)C1=O.Cl.Cl.NCc1cc(C(F)(F)F)ccn1. The predicted molar refractivity (Wildman–Crippen MR) is 160 cm³/mol. The molecule has 0 bridgehead atoms. The first-order chi connectivity index (χ1) is 20.5. The molecule has 4 heterocycles. The highest BCUT2D eigenvalue weighted by atomic mass is 35.5. The summed E-state index contributed by atoms with van der Waals surface area (Å²) in [5, 5.41) is 10.5. The molecule has 9 nitrogen and oxygen atoms in total. The number of halogens is 8. The number of carbonyl (C=O) groups excluding carboxylic acids is 2. The van der Waals surface area contributed by atoms with Crippen molar-refractivity contribution in [3.05, 3.63) is 89.1 Å². The molecule has 0 aliphatic carbocycles. The quantitative estimate of drug-likeness (QED) is 0.214. The molecule has 1 atom stereocenters. The van der Waals surface area contributed by atoms with Crippen LogP contribution in [0.2, 0.25) is 0 Å². The number of aromatic nitrogens is 3. The summed E-state index contributed by atoms with van der Waals surface area (Å²) in [5.41, 5.74) is 8.29. The van der Waals surface area contributed by atoms with E-state index < -0.39 is 40.9 Å². The lowest BCUT2D eigenvalue weighted by Gasteiger charge is -2.13. The van der Waals surface area contributed by atoms with Crippen LogP contribution in [0.15, 0.2) is 60.9 Å². The van der Waals surface area contributed by atoms with Gasteiger partial charge in [0.1, 0.15) is 0 Å². The molecule has 246 valence electrons. The Bertz CT molecular complexity index is 1800. The number of pyridine rings is 2. The molecule has 1 aliphatic heterocycles. The smallest absolute Gasteiger partial charge is 0.369 e. The number of primary amides is 1. The van der Waals surface area contributed by atoms with Gasteiger partial charge in [0, 0.05) is 50.1 Å². The van der Waals surface area contributed by atoms with Crippen LogP contribution in [-0.2, 0) is 23.7 Å². The first kappa shape index (κ1) is 37.8. The zero-order chi connectivity index (χ0) is 32.4. The summed E-state index contributed by atoms with van der Waals surface area (Å²) >= 11 is 0. The monoisotopic (exact) mass is 690 g/mol. The molecule has 1 aliphatic rings. The summed E-state index contributed by atoms with van der Waals surface area (Å²) in [5.74, 6) is 3.73. The number of hydrogen-bond acceptors (Lipinski definition) is 6. The summed E-state index contributed by atoms with van der Waals surface area (Å²) in [7, 11) is 1.57. The normalized spacial score (nSPS) is 16.0. The number of carbonyl (C=O) groups is 2. The van der Waals surface area contributed by atoms with Gasteiger partial charge in [-0.2, -0.15) is 26.3 Å². The Morgan fingerprint density at radius 3 is 2.26 bits per heavy atom. The number of rotatable bonds is 3. The molecule has 1 fully saturated rings. The fourth-order valence-corrected chi connectivity index (χ4v) is 4.30. The van der Waals surface area contributed by atoms with Gasteiger partial charge in [-0.1, -0.05) is 24.0 Å². The van der Waals surface area contributed by atoms with E-state index in [2.05, 4.69) is 21.8 Å². The lowest BCUT2D eigenvalue weighted by Crippen LogP contribution is -2.37. The Labute approximate surface area is 270 Å². The van der Waals surface area contributed by atoms with E-state index in [0.29, 0.717) is 17.7 Å². The molecule has 0 spiro atoms. The zero-order valence-corrected chi connectivity index (χ0v) is 25.3. The van der Waals surface area contributed by atoms with E-state index in [1.54, 1.807) is 31.3 Å². The van der Waals surface area contributed by atoms with E-state index in [-0.39, 0.29) is 60.5 Å². The number of nitrogens with zero attached hydrogens (tertiary/aromatic N) is 4. The van der Waals surface area contributed by atoms with Crippen molar-refractivity contribution in [3.8, 4) is 23.1 Å². The van der Waals surface area contributed by atoms with Gasteiger partial charge >= 0.3 is 12.4 Å². The molecule has 46 heavy (non-hydrogen) atoms. The van der Waals surface area contributed by atoms with E-state index in [1.807, 2.05) is 0 Å². The van der Waals surface area contributed by atoms with Crippen molar-refractivity contribution in [2.24, 2.45) is 11.5 Å². The minimum absolute atomic E-state index is 0. The zero-order valence-electron chi connectivity index (χ0n) is 23.7. The molecule has 0 unspecified atom stereocenters. The summed E-state index contributed by atoms with van der Waals surface area (Å²) in [4.78, 5) is 33.1. The average molecular weight is 691 g/mol. The van der Waals surface area contributed by atoms with Crippen molar-refractivity contribution >= 4 is 42.1 Å². The lowest BCUT2D eigenvalue weighted by atomic mass is 10.0. The number of nitrogens with two attached hydrogens (primary N) is 2. The summed E-state index contributed by atoms with van der Waals surface area (Å²) < 4.78 is 77.0. The van der Waals surface area contributed by atoms with Crippen molar-refractivity contribution in [2.75, 3.05) is 13.6 Å². The minimum atomic E-state index is -4.58. The summed E-state index contributed by atoms with van der Waals surface area (Å²) in [6.07, 6.45) is -6.53. The highest BCUT2D eigenvalue weighted by Crippen LogP contribution is 2.33. The Morgan fingerprint density at radius 1 is 1.04 bits per heavy atom. The lowest BCUT2D eigenvalue weighted by molar-refractivity contribution is -0.138. The van der Waals surface area contributed by atoms with Crippen molar-refractivity contribution < 1.29 is 41.0 Å². The maximum Gasteiger partial charge on any atom is 0.416 e. The Hall–Kier alpha value is -4.36. The van der Waals surface area contributed by atoms with Gasteiger partial charge in [0.15, 0.2) is 0 Å². The van der Waals surface area contributed by atoms with Gasteiger partial charge in [-0.05, 0) is 36.4 Å². The first-order valence-corrected chi connectivity index (χ1v) is 12.8. The number of hydrogen-bond donors (Lipinski definition) is 3. The third-order valence-corrected chi connectivity index (χ3v) is 6.60. The van der Waals surface area contributed by atoms with Gasteiger partial charge in [-0.3, -0.25) is 19.0 Å². The number of alkyl halides is 6. The van der Waals surface area contributed by atoms with Crippen LogP contribution >= 0.6 is 24.8 Å². The van der Waals surface area contributed by atoms with E-state index in [1.165, 1.54) is 9.30 Å². The fraction of sp³-hybridized carbons (Fsp3) is 0.241. The van der Waals surface area contributed by atoms with E-state index in [9.17, 15) is 41.0 Å². The van der Waals surface area contributed by atoms with Crippen LogP contribution in [0.4, 0.5) is 26.3 Å². The molecule has 0 saturated carbocycles. The second kappa shape index (κ2) is 14.4. The number of likely N-dealkylation sites (tertiary alicyclic amines) is 1. The van der Waals surface area contributed by atoms with Gasteiger partial charge in [0.25, 0.3) is 11.8 Å². The standard InChI is InChI=1S/C22H17F3N4O3.C7H7F3N2.2ClH/c1-28-10-8-21(32,20(28)31)7-5-13-3-2-4-14(11-13)17-16-12-15(22(23,24)25)6-9-29(16)19(27-17)18(26)30;8-7(9,10)5-1-2-12-6(3-5)4-11;;/h2-4,6,9,11-12,32H,8,10H2,1H3,(H2,26,30);1-3H,4,11H2;2*1H/t21-;;;/m0.../s1. The molecule has 4 aromatic rings. The fourth-order valence-electron chi connectivity index (χ4n) is 4.30. The van der Waals surface area contributed by atoms with Gasteiger partial charge in [0.05, 0.1) is 28.0 Å². The average Bonchev–Trinajstić information content (AvgIpc) is 3.49. The Morgan fingerprint density at radius 2 is 1.70 bits per heavy atom. The molecular formula is C29H26Cl2F6N6O3. The second-order valence-electron chi connectivity index (χ2n) is 9.72. The Balaban J connectivity index is 0.000000447. The van der Waals surface area contributed by atoms with E-state index >= 15 is 0 Å². The highest BCUT2D eigenvalue weighted by molar-refractivity contribution is 5.94. The summed E-state index contributed by atoms with van der Waals surface area (Å²) in [6, 6.07) is 9.96. The molecule has 2 amide bonds. The van der Waals surface area contributed by atoms with Gasteiger partial charge in [-0.15, -0.1) is 24.8 Å². The van der Waals surface area contributed by atoms with E-state index in [0.717, 1.165) is 36.7 Å². The van der Waals surface area contributed by atoms with Crippen LogP contribution in [0.3, 0.4) is 0 Å². The number of fused-ring (bicyclic) bond motifs is 1. The molecule has 5 rings (SSSR count). The van der Waals surface area contributed by atoms with Gasteiger partial charge in [0.2, 0.25) is 11.4 Å². The van der Waals surface area contributed by atoms with Crippen molar-refractivity contribution in [1.82, 2.24) is 19.3 Å².